The van der Waals surface area contributed by atoms with E-state index in [1.54, 1.807) is 23.1 Å². The number of rotatable bonds is 8. The molecule has 1 aromatic rings. The number of anilines is 1. The van der Waals surface area contributed by atoms with Crippen LogP contribution in [0, 0.1) is 5.92 Å². The average molecular weight is 384 g/mol. The van der Waals surface area contributed by atoms with E-state index in [1.165, 1.54) is 6.42 Å². The number of carbonyl (C=O) groups excluding carboxylic acids is 1. The van der Waals surface area contributed by atoms with E-state index in [9.17, 15) is 4.79 Å². The van der Waals surface area contributed by atoms with Crippen molar-refractivity contribution in [3.63, 3.8) is 0 Å². The van der Waals surface area contributed by atoms with Gasteiger partial charge in [-0.25, -0.2) is 4.79 Å². The van der Waals surface area contributed by atoms with Crippen molar-refractivity contribution in [2.45, 2.75) is 19.8 Å². The van der Waals surface area contributed by atoms with Crippen LogP contribution in [-0.4, -0.2) is 69.4 Å². The zero-order valence-corrected chi connectivity index (χ0v) is 16.7. The number of hydrogen-bond acceptors (Lipinski definition) is 4. The topological polar surface area (TPSA) is 54.0 Å². The van der Waals surface area contributed by atoms with Gasteiger partial charge >= 0.3 is 6.03 Å². The smallest absolute Gasteiger partial charge is 0.321 e. The van der Waals surface area contributed by atoms with Gasteiger partial charge in [0.1, 0.15) is 6.61 Å². The Bertz CT molecular complexity index is 585. The SMILES string of the molecule is CCOCCOc1c(Cl)cccc1NC(=O)N(C)CC1CCCN(C)C1. The number of likely N-dealkylation sites (tertiary alicyclic amines) is 1. The lowest BCUT2D eigenvalue weighted by atomic mass is 9.98. The number of urea groups is 1. The molecule has 1 aromatic carbocycles. The summed E-state index contributed by atoms with van der Waals surface area (Å²) in [5, 5.41) is 3.38. The number of benzene rings is 1. The molecule has 7 heteroatoms. The van der Waals surface area contributed by atoms with Crippen molar-refractivity contribution in [2.24, 2.45) is 5.92 Å². The van der Waals surface area contributed by atoms with Crippen molar-refractivity contribution in [3.05, 3.63) is 23.2 Å². The van der Waals surface area contributed by atoms with Crippen LogP contribution in [0.15, 0.2) is 18.2 Å². The first-order valence-corrected chi connectivity index (χ1v) is 9.58. The summed E-state index contributed by atoms with van der Waals surface area (Å²) < 4.78 is 11.0. The van der Waals surface area contributed by atoms with E-state index in [4.69, 9.17) is 21.1 Å². The second-order valence-electron chi connectivity index (χ2n) is 6.74. The number of piperidine rings is 1. The highest BCUT2D eigenvalue weighted by Gasteiger charge is 2.21. The predicted molar refractivity (Wildman–Crippen MR) is 105 cm³/mol. The number of hydrogen-bond donors (Lipinski definition) is 1. The molecule has 6 nitrogen and oxygen atoms in total. The summed E-state index contributed by atoms with van der Waals surface area (Å²) in [6.07, 6.45) is 2.34. The fourth-order valence-electron chi connectivity index (χ4n) is 3.20. The Labute approximate surface area is 161 Å². The van der Waals surface area contributed by atoms with E-state index < -0.39 is 0 Å². The Morgan fingerprint density at radius 1 is 1.42 bits per heavy atom. The molecule has 1 aliphatic rings. The number of amides is 2. The zero-order chi connectivity index (χ0) is 18.9. The molecule has 2 amide bonds. The van der Waals surface area contributed by atoms with Gasteiger partial charge in [-0.15, -0.1) is 0 Å². The minimum atomic E-state index is -0.157. The third-order valence-electron chi connectivity index (χ3n) is 4.49. The molecule has 1 fully saturated rings. The molecule has 0 aliphatic carbocycles. The van der Waals surface area contributed by atoms with Gasteiger partial charge in [-0.3, -0.25) is 0 Å². The second kappa shape index (κ2) is 10.6. The molecule has 1 unspecified atom stereocenters. The van der Waals surface area contributed by atoms with Gasteiger partial charge in [0.15, 0.2) is 5.75 Å². The third-order valence-corrected chi connectivity index (χ3v) is 4.79. The van der Waals surface area contributed by atoms with E-state index in [0.29, 0.717) is 42.2 Å². The van der Waals surface area contributed by atoms with Crippen LogP contribution in [0.4, 0.5) is 10.5 Å². The Hall–Kier alpha value is -1.50. The highest BCUT2D eigenvalue weighted by atomic mass is 35.5. The Kier molecular flexibility index (Phi) is 8.48. The number of nitrogens with zero attached hydrogens (tertiary/aromatic N) is 2. The molecule has 0 aromatic heterocycles. The first kappa shape index (κ1) is 20.8. The number of halogens is 1. The van der Waals surface area contributed by atoms with Crippen LogP contribution in [0.1, 0.15) is 19.8 Å². The van der Waals surface area contributed by atoms with Crippen LogP contribution >= 0.6 is 11.6 Å². The van der Waals surface area contributed by atoms with E-state index >= 15 is 0 Å². The summed E-state index contributed by atoms with van der Waals surface area (Å²) in [5.41, 5.74) is 0.576. The highest BCUT2D eigenvalue weighted by molar-refractivity contribution is 6.32. The maximum Gasteiger partial charge on any atom is 0.321 e. The van der Waals surface area contributed by atoms with Gasteiger partial charge in [-0.1, -0.05) is 17.7 Å². The van der Waals surface area contributed by atoms with Crippen molar-refractivity contribution in [2.75, 3.05) is 58.9 Å². The molecule has 1 heterocycles. The van der Waals surface area contributed by atoms with E-state index in [1.807, 2.05) is 14.0 Å². The van der Waals surface area contributed by atoms with Crippen LogP contribution in [0.5, 0.6) is 5.75 Å². The molecular weight excluding hydrogens is 354 g/mol. The summed E-state index contributed by atoms with van der Waals surface area (Å²) in [7, 11) is 3.95. The van der Waals surface area contributed by atoms with Crippen LogP contribution in [0.2, 0.25) is 5.02 Å². The Balaban J connectivity index is 1.93. The van der Waals surface area contributed by atoms with Crippen molar-refractivity contribution in [1.82, 2.24) is 9.80 Å². The monoisotopic (exact) mass is 383 g/mol. The fraction of sp³-hybridized carbons (Fsp3) is 0.632. The molecule has 0 bridgehead atoms. The molecular formula is C19H30ClN3O3. The maximum atomic E-state index is 12.6. The number of ether oxygens (including phenoxy) is 2. The molecule has 0 spiro atoms. The Morgan fingerprint density at radius 3 is 2.96 bits per heavy atom. The summed E-state index contributed by atoms with van der Waals surface area (Å²) >= 11 is 6.24. The average Bonchev–Trinajstić information content (AvgIpc) is 2.60. The first-order valence-electron chi connectivity index (χ1n) is 9.21. The van der Waals surface area contributed by atoms with Gasteiger partial charge in [0.2, 0.25) is 0 Å². The first-order chi connectivity index (χ1) is 12.5. The molecule has 0 saturated carbocycles. The van der Waals surface area contributed by atoms with Gasteiger partial charge in [-0.05, 0) is 51.4 Å². The minimum absolute atomic E-state index is 0.157. The standard InChI is InChI=1S/C19H30ClN3O3/c1-4-25-11-12-26-18-16(20)8-5-9-17(18)21-19(24)23(3)14-15-7-6-10-22(2)13-15/h5,8-9,15H,4,6-7,10-14H2,1-3H3,(H,21,24). The van der Waals surface area contributed by atoms with Crippen LogP contribution < -0.4 is 10.1 Å². The molecule has 2 rings (SSSR count). The van der Waals surface area contributed by atoms with Crippen molar-refractivity contribution < 1.29 is 14.3 Å². The molecule has 1 aliphatic heterocycles. The van der Waals surface area contributed by atoms with Gasteiger partial charge in [0.05, 0.1) is 17.3 Å². The number of para-hydroxylation sites is 1. The molecule has 1 atom stereocenters. The van der Waals surface area contributed by atoms with E-state index in [-0.39, 0.29) is 6.03 Å². The Morgan fingerprint density at radius 2 is 2.23 bits per heavy atom. The summed E-state index contributed by atoms with van der Waals surface area (Å²) in [5.74, 6) is 0.985. The van der Waals surface area contributed by atoms with Crippen LogP contribution in [0.25, 0.3) is 0 Å². The lowest BCUT2D eigenvalue weighted by Crippen LogP contribution is -2.41. The van der Waals surface area contributed by atoms with E-state index in [2.05, 4.69) is 17.3 Å². The minimum Gasteiger partial charge on any atom is -0.487 e. The lowest BCUT2D eigenvalue weighted by molar-refractivity contribution is 0.110. The normalized spacial score (nSPS) is 17.8. The van der Waals surface area contributed by atoms with Gasteiger partial charge in [-0.2, -0.15) is 0 Å². The maximum absolute atomic E-state index is 12.6. The van der Waals surface area contributed by atoms with Gasteiger partial charge in [0, 0.05) is 26.7 Å². The highest BCUT2D eigenvalue weighted by Crippen LogP contribution is 2.33. The van der Waals surface area contributed by atoms with Gasteiger partial charge in [0.25, 0.3) is 0 Å². The van der Waals surface area contributed by atoms with Crippen molar-refractivity contribution in [1.29, 1.82) is 0 Å². The quantitative estimate of drug-likeness (QED) is 0.697. The second-order valence-corrected chi connectivity index (χ2v) is 7.15. The van der Waals surface area contributed by atoms with Gasteiger partial charge < -0.3 is 24.6 Å². The summed E-state index contributed by atoms with van der Waals surface area (Å²) in [6.45, 7) is 6.32. The molecule has 1 N–H and O–H groups in total. The molecule has 0 radical (unpaired) electrons. The lowest BCUT2D eigenvalue weighted by Gasteiger charge is -2.32. The van der Waals surface area contributed by atoms with Crippen molar-refractivity contribution in [3.8, 4) is 5.75 Å². The largest absolute Gasteiger partial charge is 0.487 e. The fourth-order valence-corrected chi connectivity index (χ4v) is 3.43. The third kappa shape index (κ3) is 6.34. The summed E-state index contributed by atoms with van der Waals surface area (Å²) in [4.78, 5) is 16.6. The number of nitrogens with one attached hydrogen (secondary N) is 1. The van der Waals surface area contributed by atoms with Crippen LogP contribution in [0.3, 0.4) is 0 Å². The zero-order valence-electron chi connectivity index (χ0n) is 16.0. The van der Waals surface area contributed by atoms with Crippen LogP contribution in [-0.2, 0) is 4.74 Å². The van der Waals surface area contributed by atoms with Crippen molar-refractivity contribution >= 4 is 23.3 Å². The predicted octanol–water partition coefficient (Wildman–Crippen LogP) is 3.56. The molecule has 1 saturated heterocycles. The van der Waals surface area contributed by atoms with E-state index in [0.717, 1.165) is 26.1 Å². The summed E-state index contributed by atoms with van der Waals surface area (Å²) in [6, 6.07) is 5.18. The molecule has 146 valence electrons. The number of carbonyl (C=O) groups is 1. The molecule has 26 heavy (non-hydrogen) atoms.